The van der Waals surface area contributed by atoms with E-state index in [1.54, 1.807) is 7.11 Å². The van der Waals surface area contributed by atoms with Gasteiger partial charge in [0.15, 0.2) is 0 Å². The standard InChI is InChI=1S/C14H21NO2/c1-3-13(15-11-8-9-17-10-11)12-6-4-5-7-14(12)16-2/h4-7,11,13,15H,3,8-10H2,1-2H3. The molecule has 1 N–H and O–H groups in total. The fourth-order valence-electron chi connectivity index (χ4n) is 2.33. The number of hydrogen-bond acceptors (Lipinski definition) is 3. The van der Waals surface area contributed by atoms with E-state index in [0.29, 0.717) is 12.1 Å². The van der Waals surface area contributed by atoms with Gasteiger partial charge in [-0.3, -0.25) is 0 Å². The van der Waals surface area contributed by atoms with Crippen LogP contribution in [0.5, 0.6) is 5.75 Å². The number of benzene rings is 1. The van der Waals surface area contributed by atoms with Gasteiger partial charge in [0.25, 0.3) is 0 Å². The molecular formula is C14H21NO2. The fraction of sp³-hybridized carbons (Fsp3) is 0.571. The molecular weight excluding hydrogens is 214 g/mol. The molecule has 0 saturated carbocycles. The number of hydrogen-bond donors (Lipinski definition) is 1. The third-order valence-electron chi connectivity index (χ3n) is 3.29. The molecule has 0 aliphatic carbocycles. The second-order valence-corrected chi connectivity index (χ2v) is 4.43. The van der Waals surface area contributed by atoms with Gasteiger partial charge in [-0.2, -0.15) is 0 Å². The summed E-state index contributed by atoms with van der Waals surface area (Å²) >= 11 is 0. The Morgan fingerprint density at radius 2 is 2.29 bits per heavy atom. The van der Waals surface area contributed by atoms with E-state index >= 15 is 0 Å². The molecule has 2 rings (SSSR count). The lowest BCUT2D eigenvalue weighted by Crippen LogP contribution is -2.33. The van der Waals surface area contributed by atoms with Gasteiger partial charge in [-0.1, -0.05) is 25.1 Å². The molecule has 17 heavy (non-hydrogen) atoms. The average molecular weight is 235 g/mol. The van der Waals surface area contributed by atoms with Crippen molar-refractivity contribution in [2.45, 2.75) is 31.8 Å². The van der Waals surface area contributed by atoms with Crippen molar-refractivity contribution in [3.8, 4) is 5.75 Å². The van der Waals surface area contributed by atoms with Crippen LogP contribution in [0.2, 0.25) is 0 Å². The monoisotopic (exact) mass is 235 g/mol. The maximum absolute atomic E-state index is 5.42. The smallest absolute Gasteiger partial charge is 0.123 e. The van der Waals surface area contributed by atoms with Crippen LogP contribution in [0.25, 0.3) is 0 Å². The number of rotatable bonds is 5. The van der Waals surface area contributed by atoms with Gasteiger partial charge in [-0.25, -0.2) is 0 Å². The molecule has 3 nitrogen and oxygen atoms in total. The van der Waals surface area contributed by atoms with E-state index in [1.807, 2.05) is 12.1 Å². The molecule has 1 fully saturated rings. The molecule has 3 heteroatoms. The first kappa shape index (κ1) is 12.4. The van der Waals surface area contributed by atoms with E-state index < -0.39 is 0 Å². The molecule has 1 heterocycles. The molecule has 0 amide bonds. The Morgan fingerprint density at radius 1 is 1.47 bits per heavy atom. The molecule has 1 aliphatic rings. The average Bonchev–Trinajstić information content (AvgIpc) is 2.89. The van der Waals surface area contributed by atoms with E-state index in [2.05, 4.69) is 24.4 Å². The van der Waals surface area contributed by atoms with Crippen molar-refractivity contribution < 1.29 is 9.47 Å². The summed E-state index contributed by atoms with van der Waals surface area (Å²) in [5, 5.41) is 3.65. The van der Waals surface area contributed by atoms with Crippen molar-refractivity contribution in [3.63, 3.8) is 0 Å². The summed E-state index contributed by atoms with van der Waals surface area (Å²) in [6, 6.07) is 9.05. The van der Waals surface area contributed by atoms with Crippen molar-refractivity contribution >= 4 is 0 Å². The van der Waals surface area contributed by atoms with E-state index in [0.717, 1.165) is 31.8 Å². The van der Waals surface area contributed by atoms with Gasteiger partial charge < -0.3 is 14.8 Å². The van der Waals surface area contributed by atoms with Crippen LogP contribution in [0.4, 0.5) is 0 Å². The Kier molecular flexibility index (Phi) is 4.40. The van der Waals surface area contributed by atoms with Crippen molar-refractivity contribution in [1.29, 1.82) is 0 Å². The number of ether oxygens (including phenoxy) is 2. The molecule has 1 saturated heterocycles. The SMILES string of the molecule is CCC(NC1CCOC1)c1ccccc1OC. The van der Waals surface area contributed by atoms with E-state index in [1.165, 1.54) is 5.56 Å². The minimum atomic E-state index is 0.345. The Bertz CT molecular complexity index is 348. The lowest BCUT2D eigenvalue weighted by atomic mass is 10.0. The van der Waals surface area contributed by atoms with Gasteiger partial charge in [0, 0.05) is 24.3 Å². The molecule has 0 radical (unpaired) electrons. The fourth-order valence-corrected chi connectivity index (χ4v) is 2.33. The highest BCUT2D eigenvalue weighted by atomic mass is 16.5. The lowest BCUT2D eigenvalue weighted by molar-refractivity contribution is 0.187. The first-order chi connectivity index (χ1) is 8.35. The van der Waals surface area contributed by atoms with Gasteiger partial charge in [0.05, 0.1) is 13.7 Å². The van der Waals surface area contributed by atoms with Crippen molar-refractivity contribution in [1.82, 2.24) is 5.32 Å². The first-order valence-corrected chi connectivity index (χ1v) is 6.31. The second kappa shape index (κ2) is 6.03. The van der Waals surface area contributed by atoms with Crippen molar-refractivity contribution in [2.75, 3.05) is 20.3 Å². The molecule has 0 spiro atoms. The molecule has 0 aromatic heterocycles. The number of para-hydroxylation sites is 1. The van der Waals surface area contributed by atoms with E-state index in [9.17, 15) is 0 Å². The molecule has 1 aromatic rings. The summed E-state index contributed by atoms with van der Waals surface area (Å²) in [7, 11) is 1.73. The third kappa shape index (κ3) is 2.99. The second-order valence-electron chi connectivity index (χ2n) is 4.43. The topological polar surface area (TPSA) is 30.5 Å². The summed E-state index contributed by atoms with van der Waals surface area (Å²) in [5.74, 6) is 0.964. The van der Waals surface area contributed by atoms with Gasteiger partial charge in [0.1, 0.15) is 5.75 Å². The zero-order valence-corrected chi connectivity index (χ0v) is 10.6. The maximum atomic E-state index is 5.42. The summed E-state index contributed by atoms with van der Waals surface area (Å²) in [5.41, 5.74) is 1.24. The van der Waals surface area contributed by atoms with Crippen LogP contribution in [0.3, 0.4) is 0 Å². The normalized spacial score (nSPS) is 21.4. The van der Waals surface area contributed by atoms with Gasteiger partial charge in [-0.15, -0.1) is 0 Å². The minimum absolute atomic E-state index is 0.345. The molecule has 1 aromatic carbocycles. The maximum Gasteiger partial charge on any atom is 0.123 e. The predicted octanol–water partition coefficient (Wildman–Crippen LogP) is 2.52. The quantitative estimate of drug-likeness (QED) is 0.850. The van der Waals surface area contributed by atoms with Crippen LogP contribution in [0.1, 0.15) is 31.4 Å². The van der Waals surface area contributed by atoms with Crippen LogP contribution in [-0.4, -0.2) is 26.4 Å². The van der Waals surface area contributed by atoms with Crippen LogP contribution < -0.4 is 10.1 Å². The third-order valence-corrected chi connectivity index (χ3v) is 3.29. The number of methoxy groups -OCH3 is 1. The minimum Gasteiger partial charge on any atom is -0.496 e. The zero-order valence-electron chi connectivity index (χ0n) is 10.6. The summed E-state index contributed by atoms with van der Waals surface area (Å²) in [6.45, 7) is 3.89. The lowest BCUT2D eigenvalue weighted by Gasteiger charge is -2.23. The van der Waals surface area contributed by atoms with Crippen LogP contribution in [0.15, 0.2) is 24.3 Å². The molecule has 2 unspecified atom stereocenters. The largest absolute Gasteiger partial charge is 0.496 e. The van der Waals surface area contributed by atoms with Gasteiger partial charge in [-0.05, 0) is 18.9 Å². The highest BCUT2D eigenvalue weighted by Crippen LogP contribution is 2.27. The Balaban J connectivity index is 2.10. The van der Waals surface area contributed by atoms with Crippen molar-refractivity contribution in [3.05, 3.63) is 29.8 Å². The van der Waals surface area contributed by atoms with Gasteiger partial charge in [0.2, 0.25) is 0 Å². The Hall–Kier alpha value is -1.06. The Morgan fingerprint density at radius 3 is 2.94 bits per heavy atom. The van der Waals surface area contributed by atoms with Crippen molar-refractivity contribution in [2.24, 2.45) is 0 Å². The number of nitrogens with one attached hydrogen (secondary N) is 1. The summed E-state index contributed by atoms with van der Waals surface area (Å²) in [4.78, 5) is 0. The van der Waals surface area contributed by atoms with Crippen LogP contribution >= 0.6 is 0 Å². The Labute approximate surface area is 103 Å². The summed E-state index contributed by atoms with van der Waals surface area (Å²) in [6.07, 6.45) is 2.16. The molecule has 1 aliphatic heterocycles. The molecule has 94 valence electrons. The van der Waals surface area contributed by atoms with Gasteiger partial charge >= 0.3 is 0 Å². The van der Waals surface area contributed by atoms with Crippen LogP contribution in [0, 0.1) is 0 Å². The summed E-state index contributed by atoms with van der Waals surface area (Å²) < 4.78 is 10.8. The first-order valence-electron chi connectivity index (χ1n) is 6.31. The predicted molar refractivity (Wildman–Crippen MR) is 68.4 cm³/mol. The van der Waals surface area contributed by atoms with E-state index in [-0.39, 0.29) is 0 Å². The highest BCUT2D eigenvalue weighted by Gasteiger charge is 2.21. The zero-order chi connectivity index (χ0) is 12.1. The molecule has 0 bridgehead atoms. The van der Waals surface area contributed by atoms with Crippen LogP contribution in [-0.2, 0) is 4.74 Å². The van der Waals surface area contributed by atoms with E-state index in [4.69, 9.17) is 9.47 Å². The highest BCUT2D eigenvalue weighted by molar-refractivity contribution is 5.35. The molecule has 2 atom stereocenters.